The average Bonchev–Trinajstić information content (AvgIpc) is 1.70. The van der Waals surface area contributed by atoms with Crippen LogP contribution < -0.4 is 18.3 Å². The number of benzene rings is 12. The lowest BCUT2D eigenvalue weighted by Gasteiger charge is -2.07. The number of fused-ring (bicyclic) bond motifs is 4. The number of ether oxygens (including phenoxy) is 1. The van der Waals surface area contributed by atoms with Gasteiger partial charge in [-0.05, 0) is 151 Å². The van der Waals surface area contributed by atoms with Gasteiger partial charge in [0.05, 0.1) is 41.7 Å². The maximum Gasteiger partial charge on any atom is 0.381 e. The maximum atomic E-state index is 5.93. The van der Waals surface area contributed by atoms with Crippen LogP contribution in [0.15, 0.2) is 320 Å². The molecule has 0 atom stereocenters. The van der Waals surface area contributed by atoms with E-state index in [0.717, 1.165) is 41.6 Å². The quantitative estimate of drug-likeness (QED) is 0.149. The van der Waals surface area contributed by atoms with E-state index in [0.29, 0.717) is 0 Å². The van der Waals surface area contributed by atoms with E-state index in [1.807, 2.05) is 73.0 Å². The Morgan fingerprint density at radius 1 is 0.366 bits per heavy atom. The highest BCUT2D eigenvalue weighted by molar-refractivity contribution is 7.21. The van der Waals surface area contributed by atoms with Crippen molar-refractivity contribution < 1.29 is 32.0 Å². The molecule has 0 fully saturated rings. The average molecular weight is 1340 g/mol. The fraction of sp³-hybridized carbons (Fsp3) is 0.141. The van der Waals surface area contributed by atoms with Gasteiger partial charge in [-0.1, -0.05) is 242 Å². The van der Waals surface area contributed by atoms with Crippen LogP contribution in [0.25, 0.3) is 110 Å². The Kier molecular flexibility index (Phi) is 22.2. The summed E-state index contributed by atoms with van der Waals surface area (Å²) in [5, 5.41) is 3.91. The SMILES string of the molecule is Cc1ccccc1-c1c2ccccc2cc[n+]1C.Cc1ccccc1-c1n(C)c2ccccc2[n+]1C.Cc1ccccc1-c1oc2ccccc2[n+]1C.Cc1ccccc1-c1sc2ccccc2[n+]1C.Cc1ccccc1C1=[N+](C)CCO1.c1ccc(-c2ccc(-c3ccccc3)cc2)cc1. The molecule has 1 aliphatic heterocycles. The van der Waals surface area contributed by atoms with Crippen LogP contribution in [0.5, 0.6) is 0 Å². The first-order valence-corrected chi connectivity index (χ1v) is 35.3. The van der Waals surface area contributed by atoms with Crippen molar-refractivity contribution in [1.82, 2.24) is 4.57 Å². The van der Waals surface area contributed by atoms with Gasteiger partial charge < -0.3 is 9.15 Å². The summed E-state index contributed by atoms with van der Waals surface area (Å²) in [5.74, 6) is 3.16. The minimum absolute atomic E-state index is 0.806. The summed E-state index contributed by atoms with van der Waals surface area (Å²) in [6, 6.07) is 108. The van der Waals surface area contributed by atoms with E-state index >= 15 is 0 Å². The summed E-state index contributed by atoms with van der Waals surface area (Å²) >= 11 is 1.85. The van der Waals surface area contributed by atoms with Crippen molar-refractivity contribution in [2.45, 2.75) is 34.6 Å². The number of nitrogens with zero attached hydrogens (tertiary/aromatic N) is 6. The highest BCUT2D eigenvalue weighted by atomic mass is 32.1. The normalized spacial score (nSPS) is 11.5. The van der Waals surface area contributed by atoms with Crippen molar-refractivity contribution in [3.63, 3.8) is 0 Å². The first kappa shape index (κ1) is 69.3. The molecule has 0 saturated heterocycles. The third kappa shape index (κ3) is 15.8. The molecular weight excluding hydrogens is 1250 g/mol. The molecular formula is C92H89N6O2S+5. The minimum atomic E-state index is 0.806. The monoisotopic (exact) mass is 1340 g/mol. The molecule has 17 rings (SSSR count). The number of para-hydroxylation sites is 5. The summed E-state index contributed by atoms with van der Waals surface area (Å²) in [5.41, 5.74) is 24.9. The molecule has 0 saturated carbocycles. The molecule has 4 aromatic heterocycles. The van der Waals surface area contributed by atoms with Gasteiger partial charge in [0.25, 0.3) is 16.3 Å². The Morgan fingerprint density at radius 2 is 0.812 bits per heavy atom. The molecule has 12 aromatic carbocycles. The van der Waals surface area contributed by atoms with Gasteiger partial charge in [0.1, 0.15) is 32.9 Å². The fourth-order valence-corrected chi connectivity index (χ4v) is 14.4. The highest BCUT2D eigenvalue weighted by Gasteiger charge is 2.26. The zero-order valence-electron chi connectivity index (χ0n) is 59.8. The summed E-state index contributed by atoms with van der Waals surface area (Å²) in [6.45, 7) is 12.5. The molecule has 8 nitrogen and oxygen atoms in total. The second-order valence-electron chi connectivity index (χ2n) is 25.6. The van der Waals surface area contributed by atoms with Crippen LogP contribution in [0.1, 0.15) is 33.4 Å². The number of aromatic nitrogens is 5. The predicted molar refractivity (Wildman–Crippen MR) is 420 cm³/mol. The Morgan fingerprint density at radius 3 is 1.35 bits per heavy atom. The van der Waals surface area contributed by atoms with Crippen molar-refractivity contribution in [3.8, 4) is 66.9 Å². The summed E-state index contributed by atoms with van der Waals surface area (Å²) < 4.78 is 26.1. The first-order valence-electron chi connectivity index (χ1n) is 34.5. The lowest BCUT2D eigenvalue weighted by Crippen LogP contribution is -2.30. The zero-order chi connectivity index (χ0) is 70.4. The molecule has 0 amide bonds. The maximum absolute atomic E-state index is 5.93. The van der Waals surface area contributed by atoms with Crippen LogP contribution in [0, 0.1) is 34.6 Å². The van der Waals surface area contributed by atoms with E-state index in [1.165, 1.54) is 121 Å². The second kappa shape index (κ2) is 32.4. The number of hydrogen-bond acceptors (Lipinski definition) is 3. The Labute approximate surface area is 599 Å². The van der Waals surface area contributed by atoms with Crippen LogP contribution in [0.3, 0.4) is 0 Å². The first-order chi connectivity index (χ1) is 49.2. The van der Waals surface area contributed by atoms with Crippen molar-refractivity contribution in [2.75, 3.05) is 20.2 Å². The molecule has 500 valence electrons. The molecule has 9 heteroatoms. The van der Waals surface area contributed by atoms with E-state index in [4.69, 9.17) is 9.15 Å². The van der Waals surface area contributed by atoms with Gasteiger partial charge in [-0.15, -0.1) is 0 Å². The van der Waals surface area contributed by atoms with Gasteiger partial charge in [0.15, 0.2) is 30.4 Å². The molecule has 0 N–H and O–H groups in total. The van der Waals surface area contributed by atoms with Crippen LogP contribution in [-0.4, -0.2) is 35.2 Å². The summed E-state index contributed by atoms with van der Waals surface area (Å²) in [7, 11) is 12.6. The third-order valence-electron chi connectivity index (χ3n) is 18.8. The van der Waals surface area contributed by atoms with Gasteiger partial charge in [-0.2, -0.15) is 13.7 Å². The van der Waals surface area contributed by atoms with Gasteiger partial charge in [0, 0.05) is 23.8 Å². The van der Waals surface area contributed by atoms with Crippen molar-refractivity contribution in [2.24, 2.45) is 35.2 Å². The second-order valence-corrected chi connectivity index (χ2v) is 26.7. The molecule has 16 aromatic rings. The molecule has 5 heterocycles. The number of thiazole rings is 1. The number of rotatable bonds is 7. The summed E-state index contributed by atoms with van der Waals surface area (Å²) in [6.07, 6.45) is 2.13. The van der Waals surface area contributed by atoms with E-state index in [1.54, 1.807) is 0 Å². The van der Waals surface area contributed by atoms with E-state index in [-0.39, 0.29) is 0 Å². The Balaban J connectivity index is 0.000000115. The highest BCUT2D eigenvalue weighted by Crippen LogP contribution is 2.32. The number of likely N-dealkylation sites (N-methyl/N-ethyl adjacent to an activating group) is 1. The smallest absolute Gasteiger partial charge is 0.381 e. The Bertz CT molecular complexity index is 5310. The third-order valence-corrected chi connectivity index (χ3v) is 20.0. The van der Waals surface area contributed by atoms with Crippen molar-refractivity contribution in [1.29, 1.82) is 0 Å². The largest absolute Gasteiger partial charge is 0.438 e. The lowest BCUT2D eigenvalue weighted by molar-refractivity contribution is -0.659. The molecule has 1 aliphatic rings. The van der Waals surface area contributed by atoms with Crippen LogP contribution in [0.2, 0.25) is 0 Å². The fourth-order valence-electron chi connectivity index (χ4n) is 13.2. The van der Waals surface area contributed by atoms with E-state index in [9.17, 15) is 0 Å². The standard InChI is InChI=1S/C18H14.C17H16N.C16H17N2.C15H14NO.C15H14NS.C11H14NO/c1-3-7-15(8-4-1)17-11-13-18(14-12-17)16-9-5-2-6-10-16;1-13-7-3-5-9-15(13)17-16-10-6-4-8-14(16)11-12-18(17)2;1-12-8-4-5-9-13(12)16-17(2)14-10-6-7-11-15(14)18(16)3;2*1-11-7-3-4-8-12(11)15-16(2)13-9-5-6-10-14(13)17-15;1-9-5-3-4-6-10(9)11-12(2)7-8-13-11/h1-14H;3-12H,1-2H3;4-11H,1-3H3;2*3-10H,1-2H3;3-6H,7-8H2,1-2H3/q;5*+1. The van der Waals surface area contributed by atoms with Crippen molar-refractivity contribution in [3.05, 3.63) is 349 Å². The van der Waals surface area contributed by atoms with E-state index < -0.39 is 0 Å². The van der Waals surface area contributed by atoms with Crippen LogP contribution in [-0.2, 0) is 40.0 Å². The summed E-state index contributed by atoms with van der Waals surface area (Å²) in [4.78, 5) is 0. The Hall–Kier alpha value is -11.7. The predicted octanol–water partition coefficient (Wildman–Crippen LogP) is 20.0. The van der Waals surface area contributed by atoms with Gasteiger partial charge in [0.2, 0.25) is 16.8 Å². The molecule has 0 bridgehead atoms. The molecule has 101 heavy (non-hydrogen) atoms. The molecule has 0 radical (unpaired) electrons. The molecule has 0 unspecified atom stereocenters. The van der Waals surface area contributed by atoms with Gasteiger partial charge in [-0.3, -0.25) is 0 Å². The number of pyridine rings is 1. The van der Waals surface area contributed by atoms with Crippen LogP contribution >= 0.6 is 11.3 Å². The lowest BCUT2D eigenvalue weighted by atomic mass is 10.00. The van der Waals surface area contributed by atoms with Crippen molar-refractivity contribution >= 4 is 60.4 Å². The zero-order valence-corrected chi connectivity index (χ0v) is 60.7. The number of oxazole rings is 1. The topological polar surface area (TPSA) is 45.8 Å². The number of aryl methyl sites for hydroxylation is 10. The minimum Gasteiger partial charge on any atom is -0.438 e. The van der Waals surface area contributed by atoms with Crippen LogP contribution in [0.4, 0.5) is 0 Å². The van der Waals surface area contributed by atoms with E-state index in [2.05, 4.69) is 358 Å². The number of hydrogen-bond donors (Lipinski definition) is 0. The molecule has 0 spiro atoms. The molecule has 0 aliphatic carbocycles. The van der Waals surface area contributed by atoms with Gasteiger partial charge >= 0.3 is 11.8 Å². The number of imidazole rings is 1. The van der Waals surface area contributed by atoms with Gasteiger partial charge in [-0.25, -0.2) is 13.7 Å².